The van der Waals surface area contributed by atoms with Crippen LogP contribution >= 0.6 is 22.9 Å². The topological polar surface area (TPSA) is 58.7 Å². The second-order valence-electron chi connectivity index (χ2n) is 7.19. The summed E-state index contributed by atoms with van der Waals surface area (Å²) in [7, 11) is 0. The Balaban J connectivity index is 1.92. The SMILES string of the molecule is CC1CCc2c(sc3nc(-c4ccc(Cl)cc4)n(CCCC#N)c(=O)c23)C1. The Morgan fingerprint density at radius 2 is 2.15 bits per heavy atom. The van der Waals surface area contributed by atoms with Crippen LogP contribution in [0.25, 0.3) is 21.6 Å². The highest BCUT2D eigenvalue weighted by Crippen LogP contribution is 2.36. The van der Waals surface area contributed by atoms with Gasteiger partial charge in [0.25, 0.3) is 5.56 Å². The Morgan fingerprint density at radius 1 is 1.37 bits per heavy atom. The van der Waals surface area contributed by atoms with Gasteiger partial charge in [0.05, 0.1) is 11.5 Å². The van der Waals surface area contributed by atoms with Crippen molar-refractivity contribution >= 4 is 33.2 Å². The maximum absolute atomic E-state index is 13.4. The molecule has 0 saturated heterocycles. The van der Waals surface area contributed by atoms with Crippen molar-refractivity contribution in [1.82, 2.24) is 9.55 Å². The molecule has 1 aliphatic carbocycles. The summed E-state index contributed by atoms with van der Waals surface area (Å²) in [6.45, 7) is 2.76. The number of aromatic nitrogens is 2. The third-order valence-electron chi connectivity index (χ3n) is 5.19. The summed E-state index contributed by atoms with van der Waals surface area (Å²) in [5.41, 5.74) is 2.09. The lowest BCUT2D eigenvalue weighted by Crippen LogP contribution is -2.24. The molecule has 4 nitrogen and oxygen atoms in total. The maximum atomic E-state index is 13.4. The van der Waals surface area contributed by atoms with Crippen molar-refractivity contribution in [3.05, 3.63) is 50.1 Å². The summed E-state index contributed by atoms with van der Waals surface area (Å²) in [5, 5.41) is 10.3. The number of nitrogens with zero attached hydrogens (tertiary/aromatic N) is 3. The van der Waals surface area contributed by atoms with Gasteiger partial charge in [0.15, 0.2) is 0 Å². The minimum atomic E-state index is 0.0231. The number of halogens is 1. The van der Waals surface area contributed by atoms with E-state index in [1.165, 1.54) is 10.4 Å². The molecule has 0 radical (unpaired) electrons. The average Bonchev–Trinajstić information content (AvgIpc) is 3.01. The van der Waals surface area contributed by atoms with Gasteiger partial charge in [0.1, 0.15) is 10.7 Å². The highest BCUT2D eigenvalue weighted by atomic mass is 35.5. The molecule has 0 N–H and O–H groups in total. The van der Waals surface area contributed by atoms with Crippen LogP contribution in [-0.2, 0) is 19.4 Å². The van der Waals surface area contributed by atoms with Gasteiger partial charge in [0, 0.05) is 28.4 Å². The minimum Gasteiger partial charge on any atom is -0.292 e. The predicted octanol–water partition coefficient (Wildman–Crippen LogP) is 5.21. The van der Waals surface area contributed by atoms with Crippen molar-refractivity contribution in [3.63, 3.8) is 0 Å². The van der Waals surface area contributed by atoms with Crippen molar-refractivity contribution in [3.8, 4) is 17.5 Å². The molecule has 1 atom stereocenters. The van der Waals surface area contributed by atoms with Gasteiger partial charge in [-0.05, 0) is 61.4 Å². The highest BCUT2D eigenvalue weighted by Gasteiger charge is 2.24. The summed E-state index contributed by atoms with van der Waals surface area (Å²) in [6.07, 6.45) is 4.15. The second kappa shape index (κ2) is 7.46. The van der Waals surface area contributed by atoms with Crippen LogP contribution in [0.3, 0.4) is 0 Å². The number of hydrogen-bond acceptors (Lipinski definition) is 4. The molecular weight excluding hydrogens is 378 g/mol. The Labute approximate surface area is 167 Å². The van der Waals surface area contributed by atoms with Gasteiger partial charge in [-0.15, -0.1) is 11.3 Å². The first kappa shape index (κ1) is 18.2. The summed E-state index contributed by atoms with van der Waals surface area (Å²) in [4.78, 5) is 20.5. The van der Waals surface area contributed by atoms with Gasteiger partial charge in [-0.3, -0.25) is 9.36 Å². The molecule has 1 aliphatic rings. The van der Waals surface area contributed by atoms with E-state index in [9.17, 15) is 4.79 Å². The van der Waals surface area contributed by atoms with Gasteiger partial charge in [-0.1, -0.05) is 18.5 Å². The van der Waals surface area contributed by atoms with E-state index in [-0.39, 0.29) is 5.56 Å². The lowest BCUT2D eigenvalue weighted by atomic mass is 9.89. The van der Waals surface area contributed by atoms with E-state index in [0.717, 1.165) is 35.0 Å². The smallest absolute Gasteiger partial charge is 0.262 e. The fraction of sp³-hybridized carbons (Fsp3) is 0.381. The fourth-order valence-electron chi connectivity index (χ4n) is 3.77. The van der Waals surface area contributed by atoms with Crippen molar-refractivity contribution in [2.75, 3.05) is 0 Å². The third-order valence-corrected chi connectivity index (χ3v) is 6.59. The average molecular weight is 398 g/mol. The molecular formula is C21H20ClN3OS. The van der Waals surface area contributed by atoms with Crippen LogP contribution < -0.4 is 5.56 Å². The Hall–Kier alpha value is -2.16. The van der Waals surface area contributed by atoms with Crippen molar-refractivity contribution < 1.29 is 0 Å². The van der Waals surface area contributed by atoms with E-state index in [1.807, 2.05) is 24.3 Å². The number of unbranched alkanes of at least 4 members (excludes halogenated alkanes) is 1. The molecule has 0 aliphatic heterocycles. The second-order valence-corrected chi connectivity index (χ2v) is 8.71. The molecule has 0 spiro atoms. The molecule has 27 heavy (non-hydrogen) atoms. The first-order valence-corrected chi connectivity index (χ1v) is 10.5. The van der Waals surface area contributed by atoms with E-state index < -0.39 is 0 Å². The van der Waals surface area contributed by atoms with Gasteiger partial charge < -0.3 is 0 Å². The van der Waals surface area contributed by atoms with Gasteiger partial charge in [0.2, 0.25) is 0 Å². The number of thiophene rings is 1. The molecule has 138 valence electrons. The van der Waals surface area contributed by atoms with Crippen LogP contribution in [0.4, 0.5) is 0 Å². The van der Waals surface area contributed by atoms with E-state index in [0.29, 0.717) is 36.2 Å². The van der Waals surface area contributed by atoms with Gasteiger partial charge >= 0.3 is 0 Å². The molecule has 2 aromatic heterocycles. The number of rotatable bonds is 4. The number of aryl methyl sites for hydroxylation is 1. The first-order chi connectivity index (χ1) is 13.1. The molecule has 1 unspecified atom stereocenters. The molecule has 3 aromatic rings. The largest absolute Gasteiger partial charge is 0.292 e. The normalized spacial score (nSPS) is 16.3. The van der Waals surface area contributed by atoms with Crippen LogP contribution in [0.5, 0.6) is 0 Å². The van der Waals surface area contributed by atoms with Crippen molar-refractivity contribution in [2.24, 2.45) is 5.92 Å². The zero-order valence-electron chi connectivity index (χ0n) is 15.2. The summed E-state index contributed by atoms with van der Waals surface area (Å²) >= 11 is 7.69. The van der Waals surface area contributed by atoms with Crippen LogP contribution in [0.1, 0.15) is 36.6 Å². The summed E-state index contributed by atoms with van der Waals surface area (Å²) < 4.78 is 1.74. The number of nitriles is 1. The van der Waals surface area contributed by atoms with E-state index in [2.05, 4.69) is 13.0 Å². The lowest BCUT2D eigenvalue weighted by Gasteiger charge is -2.18. The highest BCUT2D eigenvalue weighted by molar-refractivity contribution is 7.18. The van der Waals surface area contributed by atoms with Crippen LogP contribution in [0, 0.1) is 17.2 Å². The molecule has 6 heteroatoms. The Morgan fingerprint density at radius 3 is 2.89 bits per heavy atom. The first-order valence-electron chi connectivity index (χ1n) is 9.26. The molecule has 0 saturated carbocycles. The standard InChI is InChI=1S/C21H20ClN3OS/c1-13-4-9-16-17(12-13)27-20-18(16)21(26)25(11-3-2-10-23)19(24-20)14-5-7-15(22)8-6-14/h5-8,13H,2-4,9,11-12H2,1H3. The van der Waals surface area contributed by atoms with Crippen molar-refractivity contribution in [2.45, 2.75) is 45.6 Å². The minimum absolute atomic E-state index is 0.0231. The number of hydrogen-bond donors (Lipinski definition) is 0. The Bertz CT molecular complexity index is 1090. The molecule has 0 amide bonds. The molecule has 1 aromatic carbocycles. The zero-order valence-corrected chi connectivity index (χ0v) is 16.7. The fourth-order valence-corrected chi connectivity index (χ4v) is 5.27. The van der Waals surface area contributed by atoms with E-state index in [4.69, 9.17) is 21.8 Å². The van der Waals surface area contributed by atoms with Crippen LogP contribution in [0.2, 0.25) is 5.02 Å². The molecule has 0 fully saturated rings. The summed E-state index contributed by atoms with van der Waals surface area (Å²) in [5.74, 6) is 1.31. The van der Waals surface area contributed by atoms with E-state index >= 15 is 0 Å². The predicted molar refractivity (Wildman–Crippen MR) is 110 cm³/mol. The third kappa shape index (κ3) is 3.40. The monoisotopic (exact) mass is 397 g/mol. The number of fused-ring (bicyclic) bond motifs is 3. The van der Waals surface area contributed by atoms with Gasteiger partial charge in [-0.2, -0.15) is 5.26 Å². The van der Waals surface area contributed by atoms with Gasteiger partial charge in [-0.25, -0.2) is 4.98 Å². The Kier molecular flexibility index (Phi) is 5.03. The quantitative estimate of drug-likeness (QED) is 0.568. The molecule has 4 rings (SSSR count). The molecule has 2 heterocycles. The molecule has 0 bridgehead atoms. The van der Waals surface area contributed by atoms with Crippen molar-refractivity contribution in [1.29, 1.82) is 5.26 Å². The number of benzene rings is 1. The van der Waals surface area contributed by atoms with E-state index in [1.54, 1.807) is 15.9 Å². The van der Waals surface area contributed by atoms with Crippen LogP contribution in [0.15, 0.2) is 29.1 Å². The summed E-state index contributed by atoms with van der Waals surface area (Å²) in [6, 6.07) is 9.58. The lowest BCUT2D eigenvalue weighted by molar-refractivity contribution is 0.509. The maximum Gasteiger partial charge on any atom is 0.262 e. The van der Waals surface area contributed by atoms with Crippen LogP contribution in [-0.4, -0.2) is 9.55 Å². The zero-order chi connectivity index (χ0) is 19.0.